The topological polar surface area (TPSA) is 55.1 Å². The van der Waals surface area contributed by atoms with Crippen LogP contribution in [0.4, 0.5) is 0 Å². The average Bonchev–Trinajstić information content (AvgIpc) is 3.00. The van der Waals surface area contributed by atoms with E-state index in [1.165, 1.54) is 0 Å². The van der Waals surface area contributed by atoms with E-state index in [9.17, 15) is 4.79 Å². The van der Waals surface area contributed by atoms with Crippen molar-refractivity contribution in [1.29, 1.82) is 0 Å². The monoisotopic (exact) mass is 358 g/mol. The molecule has 2 heterocycles. The van der Waals surface area contributed by atoms with Crippen molar-refractivity contribution in [2.24, 2.45) is 5.92 Å². The molecule has 2 atom stereocenters. The Bertz CT molecular complexity index is 860. The van der Waals surface area contributed by atoms with E-state index in [1.807, 2.05) is 41.8 Å². The van der Waals surface area contributed by atoms with Crippen molar-refractivity contribution in [3.8, 4) is 10.8 Å². The molecule has 1 fully saturated rings. The third-order valence-electron chi connectivity index (χ3n) is 4.16. The SMILES string of the molecule is O=C(NCc1coc(-c2cccs2)n1)[C@@H]1C[C@@H]1c1ccccc1Cl. The highest BCUT2D eigenvalue weighted by atomic mass is 35.5. The lowest BCUT2D eigenvalue weighted by Gasteiger charge is -2.04. The van der Waals surface area contributed by atoms with Gasteiger partial charge in [0.05, 0.1) is 17.1 Å². The minimum absolute atomic E-state index is 0.00596. The standard InChI is InChI=1S/C18H15ClN2O2S/c19-15-5-2-1-4-12(15)13-8-14(13)17(22)20-9-11-10-23-18(21-11)16-6-3-7-24-16/h1-7,10,13-14H,8-9H2,(H,20,22)/t13-,14-/m1/s1. The minimum Gasteiger partial charge on any atom is -0.443 e. The summed E-state index contributed by atoms with van der Waals surface area (Å²) >= 11 is 7.77. The lowest BCUT2D eigenvalue weighted by atomic mass is 10.1. The molecule has 1 saturated carbocycles. The fourth-order valence-corrected chi connectivity index (χ4v) is 3.75. The van der Waals surface area contributed by atoms with Crippen LogP contribution in [0.2, 0.25) is 5.02 Å². The second-order valence-electron chi connectivity index (χ2n) is 5.81. The smallest absolute Gasteiger partial charge is 0.236 e. The summed E-state index contributed by atoms with van der Waals surface area (Å²) in [6.45, 7) is 0.374. The zero-order valence-electron chi connectivity index (χ0n) is 12.7. The van der Waals surface area contributed by atoms with Crippen LogP contribution in [0.25, 0.3) is 10.8 Å². The van der Waals surface area contributed by atoms with E-state index >= 15 is 0 Å². The zero-order valence-corrected chi connectivity index (χ0v) is 14.3. The number of aromatic nitrogens is 1. The summed E-state index contributed by atoms with van der Waals surface area (Å²) < 4.78 is 5.45. The van der Waals surface area contributed by atoms with Crippen LogP contribution < -0.4 is 5.32 Å². The van der Waals surface area contributed by atoms with Gasteiger partial charge in [-0.1, -0.05) is 35.9 Å². The van der Waals surface area contributed by atoms with Crippen molar-refractivity contribution in [3.05, 3.63) is 64.3 Å². The quantitative estimate of drug-likeness (QED) is 0.731. The van der Waals surface area contributed by atoms with Crippen LogP contribution >= 0.6 is 22.9 Å². The Morgan fingerprint density at radius 2 is 2.21 bits per heavy atom. The van der Waals surface area contributed by atoms with Gasteiger partial charge in [-0.2, -0.15) is 0 Å². The number of rotatable bonds is 5. The molecule has 1 N–H and O–H groups in total. The number of nitrogens with one attached hydrogen (secondary N) is 1. The molecule has 0 aliphatic heterocycles. The molecular weight excluding hydrogens is 344 g/mol. The molecule has 4 nitrogen and oxygen atoms in total. The molecule has 0 spiro atoms. The number of halogens is 1. The zero-order chi connectivity index (χ0) is 16.5. The second kappa shape index (κ2) is 6.42. The van der Waals surface area contributed by atoms with Gasteiger partial charge in [-0.25, -0.2) is 4.98 Å². The lowest BCUT2D eigenvalue weighted by molar-refractivity contribution is -0.122. The third kappa shape index (κ3) is 3.09. The molecule has 2 aromatic heterocycles. The number of carbonyl (C=O) groups is 1. The van der Waals surface area contributed by atoms with E-state index in [0.29, 0.717) is 12.4 Å². The molecule has 1 aliphatic carbocycles. The Balaban J connectivity index is 1.34. The van der Waals surface area contributed by atoms with Gasteiger partial charge in [0, 0.05) is 10.9 Å². The first-order valence-corrected chi connectivity index (χ1v) is 8.98. The Labute approximate surface area is 148 Å². The van der Waals surface area contributed by atoms with Gasteiger partial charge < -0.3 is 9.73 Å². The molecule has 1 amide bonds. The van der Waals surface area contributed by atoms with Gasteiger partial charge in [0.15, 0.2) is 0 Å². The maximum atomic E-state index is 12.3. The Morgan fingerprint density at radius 1 is 1.33 bits per heavy atom. The van der Waals surface area contributed by atoms with Crippen LogP contribution in [0.3, 0.4) is 0 Å². The minimum atomic E-state index is -0.00596. The van der Waals surface area contributed by atoms with E-state index in [0.717, 1.165) is 27.6 Å². The van der Waals surface area contributed by atoms with Crippen molar-refractivity contribution in [2.75, 3.05) is 0 Å². The number of carbonyl (C=O) groups excluding carboxylic acids is 1. The summed E-state index contributed by atoms with van der Waals surface area (Å²) in [5.74, 6) is 0.849. The van der Waals surface area contributed by atoms with Gasteiger partial charge in [-0.05, 0) is 35.4 Å². The number of oxazole rings is 1. The molecule has 0 radical (unpaired) electrons. The number of nitrogens with zero attached hydrogens (tertiary/aromatic N) is 1. The summed E-state index contributed by atoms with van der Waals surface area (Å²) in [5.41, 5.74) is 1.78. The molecule has 0 saturated heterocycles. The maximum absolute atomic E-state index is 12.3. The van der Waals surface area contributed by atoms with Gasteiger partial charge in [0.1, 0.15) is 6.26 Å². The summed E-state index contributed by atoms with van der Waals surface area (Å²) in [5, 5.41) is 5.64. The Morgan fingerprint density at radius 3 is 3.00 bits per heavy atom. The van der Waals surface area contributed by atoms with Crippen LogP contribution in [-0.2, 0) is 11.3 Å². The van der Waals surface area contributed by atoms with Gasteiger partial charge in [-0.15, -0.1) is 11.3 Å². The van der Waals surface area contributed by atoms with Crippen molar-refractivity contribution >= 4 is 28.8 Å². The van der Waals surface area contributed by atoms with Crippen molar-refractivity contribution in [1.82, 2.24) is 10.3 Å². The van der Waals surface area contributed by atoms with Crippen molar-refractivity contribution in [3.63, 3.8) is 0 Å². The highest BCUT2D eigenvalue weighted by Gasteiger charge is 2.44. The molecule has 122 valence electrons. The molecule has 3 aromatic rings. The summed E-state index contributed by atoms with van der Waals surface area (Å²) in [6.07, 6.45) is 2.43. The maximum Gasteiger partial charge on any atom is 0.236 e. The van der Waals surface area contributed by atoms with Gasteiger partial charge in [0.2, 0.25) is 11.8 Å². The second-order valence-corrected chi connectivity index (χ2v) is 7.16. The van der Waals surface area contributed by atoms with E-state index < -0.39 is 0 Å². The van der Waals surface area contributed by atoms with Crippen LogP contribution in [-0.4, -0.2) is 10.9 Å². The highest BCUT2D eigenvalue weighted by molar-refractivity contribution is 7.13. The largest absolute Gasteiger partial charge is 0.443 e. The van der Waals surface area contributed by atoms with Gasteiger partial charge in [-0.3, -0.25) is 4.79 Å². The molecular formula is C18H15ClN2O2S. The van der Waals surface area contributed by atoms with Crippen molar-refractivity contribution < 1.29 is 9.21 Å². The van der Waals surface area contributed by atoms with Gasteiger partial charge >= 0.3 is 0 Å². The first-order chi connectivity index (χ1) is 11.7. The average molecular weight is 359 g/mol. The van der Waals surface area contributed by atoms with Crippen LogP contribution in [0.15, 0.2) is 52.5 Å². The van der Waals surface area contributed by atoms with E-state index in [1.54, 1.807) is 17.6 Å². The predicted molar refractivity (Wildman–Crippen MR) is 94.0 cm³/mol. The van der Waals surface area contributed by atoms with Crippen LogP contribution in [0.1, 0.15) is 23.6 Å². The normalized spacial score (nSPS) is 19.2. The first kappa shape index (κ1) is 15.4. The predicted octanol–water partition coefficient (Wildman–Crippen LogP) is 4.48. The molecule has 24 heavy (non-hydrogen) atoms. The Hall–Kier alpha value is -2.11. The summed E-state index contributed by atoms with van der Waals surface area (Å²) in [7, 11) is 0. The number of amides is 1. The van der Waals surface area contributed by atoms with Crippen molar-refractivity contribution in [2.45, 2.75) is 18.9 Å². The number of hydrogen-bond acceptors (Lipinski definition) is 4. The van der Waals surface area contributed by atoms with E-state index in [-0.39, 0.29) is 17.7 Å². The fraction of sp³-hybridized carbons (Fsp3) is 0.222. The number of thiophene rings is 1. The summed E-state index contributed by atoms with van der Waals surface area (Å²) in [4.78, 5) is 17.7. The van der Waals surface area contributed by atoms with E-state index in [4.69, 9.17) is 16.0 Å². The fourth-order valence-electron chi connectivity index (χ4n) is 2.81. The summed E-state index contributed by atoms with van der Waals surface area (Å²) in [6, 6.07) is 11.6. The molecule has 0 bridgehead atoms. The molecule has 6 heteroatoms. The van der Waals surface area contributed by atoms with E-state index in [2.05, 4.69) is 10.3 Å². The first-order valence-electron chi connectivity index (χ1n) is 7.73. The van der Waals surface area contributed by atoms with Gasteiger partial charge in [0.25, 0.3) is 0 Å². The van der Waals surface area contributed by atoms with Crippen LogP contribution in [0, 0.1) is 5.92 Å². The Kier molecular flexibility index (Phi) is 4.12. The number of benzene rings is 1. The third-order valence-corrected chi connectivity index (χ3v) is 5.36. The number of hydrogen-bond donors (Lipinski definition) is 1. The molecule has 1 aliphatic rings. The molecule has 4 rings (SSSR count). The molecule has 0 unspecified atom stereocenters. The van der Waals surface area contributed by atoms with Crippen LogP contribution in [0.5, 0.6) is 0 Å². The lowest BCUT2D eigenvalue weighted by Crippen LogP contribution is -2.25. The highest BCUT2D eigenvalue weighted by Crippen LogP contribution is 2.49. The molecule has 1 aromatic carbocycles.